The summed E-state index contributed by atoms with van der Waals surface area (Å²) in [5.74, 6) is -1.95. The first-order chi connectivity index (χ1) is 8.81. The van der Waals surface area contributed by atoms with Gasteiger partial charge in [0.2, 0.25) is 5.91 Å². The second kappa shape index (κ2) is 6.13. The van der Waals surface area contributed by atoms with Crippen LogP contribution in [0.3, 0.4) is 0 Å². The van der Waals surface area contributed by atoms with Crippen LogP contribution < -0.4 is 5.32 Å². The van der Waals surface area contributed by atoms with Gasteiger partial charge in [0.15, 0.2) is 5.78 Å². The maximum absolute atomic E-state index is 12.0. The zero-order valence-corrected chi connectivity index (χ0v) is 11.2. The Morgan fingerprint density at radius 2 is 1.95 bits per heavy atom. The lowest BCUT2D eigenvalue weighted by Crippen LogP contribution is -2.16. The Morgan fingerprint density at radius 3 is 2.42 bits per heavy atom. The van der Waals surface area contributed by atoms with Crippen LogP contribution in [0.1, 0.15) is 36.2 Å². The molecule has 5 heteroatoms. The van der Waals surface area contributed by atoms with Crippen LogP contribution in [0.25, 0.3) is 0 Å². The van der Waals surface area contributed by atoms with E-state index in [0.29, 0.717) is 11.3 Å². The largest absolute Gasteiger partial charge is 0.481 e. The fourth-order valence-electron chi connectivity index (χ4n) is 1.79. The third-order valence-electron chi connectivity index (χ3n) is 2.75. The molecule has 1 aromatic carbocycles. The van der Waals surface area contributed by atoms with Gasteiger partial charge >= 0.3 is 5.97 Å². The van der Waals surface area contributed by atoms with Crippen LogP contribution in [0.5, 0.6) is 0 Å². The van der Waals surface area contributed by atoms with E-state index in [1.54, 1.807) is 32.0 Å². The molecule has 0 spiro atoms. The van der Waals surface area contributed by atoms with E-state index >= 15 is 0 Å². The van der Waals surface area contributed by atoms with E-state index < -0.39 is 11.9 Å². The first-order valence-corrected chi connectivity index (χ1v) is 5.95. The van der Waals surface area contributed by atoms with Gasteiger partial charge in [-0.05, 0) is 30.7 Å². The minimum atomic E-state index is -0.993. The number of Topliss-reactive ketones (excluding diaryl/α,β-unsaturated/α-hetero) is 1. The molecule has 1 amide bonds. The smallest absolute Gasteiger partial charge is 0.304 e. The third kappa shape index (κ3) is 4.21. The average molecular weight is 263 g/mol. The highest BCUT2D eigenvalue weighted by Crippen LogP contribution is 2.19. The molecule has 0 bridgehead atoms. The molecule has 0 radical (unpaired) electrons. The van der Waals surface area contributed by atoms with Crippen molar-refractivity contribution in [2.75, 3.05) is 5.32 Å². The number of amides is 1. The van der Waals surface area contributed by atoms with Crippen LogP contribution in [-0.4, -0.2) is 22.8 Å². The lowest BCUT2D eigenvalue weighted by molar-refractivity contribution is -0.137. The van der Waals surface area contributed by atoms with E-state index in [1.807, 2.05) is 0 Å². The molecule has 0 aliphatic carbocycles. The minimum Gasteiger partial charge on any atom is -0.481 e. The number of hydrogen-bond acceptors (Lipinski definition) is 3. The fraction of sp³-hybridized carbons (Fsp3) is 0.357. The monoisotopic (exact) mass is 263 g/mol. The van der Waals surface area contributed by atoms with Gasteiger partial charge in [-0.25, -0.2) is 0 Å². The second-order valence-electron chi connectivity index (χ2n) is 4.57. The van der Waals surface area contributed by atoms with Crippen molar-refractivity contribution in [2.24, 2.45) is 5.92 Å². The molecule has 19 heavy (non-hydrogen) atoms. The van der Waals surface area contributed by atoms with Gasteiger partial charge < -0.3 is 10.4 Å². The molecule has 0 aromatic heterocycles. The highest BCUT2D eigenvalue weighted by atomic mass is 16.4. The molecule has 0 heterocycles. The molecule has 1 aromatic rings. The number of benzene rings is 1. The maximum Gasteiger partial charge on any atom is 0.304 e. The lowest BCUT2D eigenvalue weighted by Gasteiger charge is -2.11. The molecule has 5 nitrogen and oxygen atoms in total. The van der Waals surface area contributed by atoms with Crippen molar-refractivity contribution in [3.05, 3.63) is 29.3 Å². The molecule has 0 aliphatic rings. The van der Waals surface area contributed by atoms with Gasteiger partial charge in [-0.15, -0.1) is 0 Å². The standard InChI is InChI=1S/C14H17NO4/c1-8-6-11(4-5-12(8)15-10(3)16)14(19)9(2)7-13(17)18/h4-6,9H,7H2,1-3H3,(H,15,16)(H,17,18). The highest BCUT2D eigenvalue weighted by Gasteiger charge is 2.18. The van der Waals surface area contributed by atoms with Crippen molar-refractivity contribution in [3.63, 3.8) is 0 Å². The normalized spacial score (nSPS) is 11.7. The molecular weight excluding hydrogens is 246 g/mol. The Kier molecular flexibility index (Phi) is 4.80. The predicted octanol–water partition coefficient (Wildman–Crippen LogP) is 2.25. The van der Waals surface area contributed by atoms with E-state index in [1.165, 1.54) is 6.92 Å². The molecule has 102 valence electrons. The van der Waals surface area contributed by atoms with Crippen molar-refractivity contribution in [3.8, 4) is 0 Å². The summed E-state index contributed by atoms with van der Waals surface area (Å²) in [7, 11) is 0. The Balaban J connectivity index is 2.91. The van der Waals surface area contributed by atoms with Crippen molar-refractivity contribution in [1.29, 1.82) is 0 Å². The van der Waals surface area contributed by atoms with Crippen molar-refractivity contribution >= 4 is 23.3 Å². The fourth-order valence-corrected chi connectivity index (χ4v) is 1.79. The molecule has 1 atom stereocenters. The lowest BCUT2D eigenvalue weighted by atomic mass is 9.95. The molecule has 1 rings (SSSR count). The topological polar surface area (TPSA) is 83.5 Å². The highest BCUT2D eigenvalue weighted by molar-refractivity contribution is 6.00. The van der Waals surface area contributed by atoms with Crippen LogP contribution >= 0.6 is 0 Å². The first-order valence-electron chi connectivity index (χ1n) is 5.95. The summed E-state index contributed by atoms with van der Waals surface area (Å²) in [5.41, 5.74) is 1.87. The maximum atomic E-state index is 12.0. The van der Waals surface area contributed by atoms with E-state index in [0.717, 1.165) is 5.56 Å². The van der Waals surface area contributed by atoms with Crippen LogP contribution in [0, 0.1) is 12.8 Å². The average Bonchev–Trinajstić information content (AvgIpc) is 2.29. The van der Waals surface area contributed by atoms with Crippen molar-refractivity contribution < 1.29 is 19.5 Å². The molecule has 2 N–H and O–H groups in total. The quantitative estimate of drug-likeness (QED) is 0.798. The van der Waals surface area contributed by atoms with Gasteiger partial charge in [0.05, 0.1) is 6.42 Å². The van der Waals surface area contributed by atoms with Crippen LogP contribution in [0.15, 0.2) is 18.2 Å². The van der Waals surface area contributed by atoms with E-state index in [9.17, 15) is 14.4 Å². The number of rotatable bonds is 5. The zero-order valence-electron chi connectivity index (χ0n) is 11.2. The van der Waals surface area contributed by atoms with E-state index in [2.05, 4.69) is 5.32 Å². The number of nitrogens with one attached hydrogen (secondary N) is 1. The van der Waals surface area contributed by atoms with Gasteiger partial charge in [-0.2, -0.15) is 0 Å². The summed E-state index contributed by atoms with van der Waals surface area (Å²) in [6, 6.07) is 4.91. The van der Waals surface area contributed by atoms with Gasteiger partial charge in [0, 0.05) is 24.1 Å². The Labute approximate surface area is 111 Å². The minimum absolute atomic E-state index is 0.179. The number of carboxylic acid groups (broad SMARTS) is 1. The molecule has 0 fully saturated rings. The van der Waals surface area contributed by atoms with Crippen LogP contribution in [-0.2, 0) is 9.59 Å². The van der Waals surface area contributed by atoms with Crippen LogP contribution in [0.4, 0.5) is 5.69 Å². The summed E-state index contributed by atoms with van der Waals surface area (Å²) < 4.78 is 0. The predicted molar refractivity (Wildman–Crippen MR) is 71.2 cm³/mol. The molecular formula is C14H17NO4. The first kappa shape index (κ1) is 14.9. The molecule has 1 unspecified atom stereocenters. The number of carboxylic acids is 1. The number of hydrogen-bond donors (Lipinski definition) is 2. The number of ketones is 1. The Morgan fingerprint density at radius 1 is 1.32 bits per heavy atom. The summed E-state index contributed by atoms with van der Waals surface area (Å²) in [5, 5.41) is 11.3. The molecule has 0 saturated carbocycles. The van der Waals surface area contributed by atoms with Gasteiger partial charge in [0.25, 0.3) is 0 Å². The Hall–Kier alpha value is -2.17. The van der Waals surface area contributed by atoms with Gasteiger partial charge in [0.1, 0.15) is 0 Å². The number of anilines is 1. The Bertz CT molecular complexity index is 522. The zero-order chi connectivity index (χ0) is 14.6. The number of carbonyl (C=O) groups is 3. The molecule has 0 aliphatic heterocycles. The van der Waals surface area contributed by atoms with Crippen molar-refractivity contribution in [1.82, 2.24) is 0 Å². The van der Waals surface area contributed by atoms with E-state index in [-0.39, 0.29) is 18.1 Å². The summed E-state index contributed by atoms with van der Waals surface area (Å²) in [6.07, 6.45) is -0.189. The molecule has 0 saturated heterocycles. The van der Waals surface area contributed by atoms with E-state index in [4.69, 9.17) is 5.11 Å². The summed E-state index contributed by atoms with van der Waals surface area (Å²) in [6.45, 7) is 4.78. The summed E-state index contributed by atoms with van der Waals surface area (Å²) in [4.78, 5) is 33.6. The SMILES string of the molecule is CC(=O)Nc1ccc(C(=O)C(C)CC(=O)O)cc1C. The number of aryl methyl sites for hydroxylation is 1. The second-order valence-corrected chi connectivity index (χ2v) is 4.57. The summed E-state index contributed by atoms with van der Waals surface area (Å²) >= 11 is 0. The van der Waals surface area contributed by atoms with Crippen molar-refractivity contribution in [2.45, 2.75) is 27.2 Å². The van der Waals surface area contributed by atoms with Gasteiger partial charge in [-0.1, -0.05) is 6.92 Å². The van der Waals surface area contributed by atoms with Gasteiger partial charge in [-0.3, -0.25) is 14.4 Å². The number of carbonyl (C=O) groups excluding carboxylic acids is 2. The third-order valence-corrected chi connectivity index (χ3v) is 2.75. The van der Waals surface area contributed by atoms with Crippen LogP contribution in [0.2, 0.25) is 0 Å². The number of aliphatic carboxylic acids is 1.